The Morgan fingerprint density at radius 3 is 2.87 bits per heavy atom. The van der Waals surface area contributed by atoms with Crippen molar-refractivity contribution in [3.8, 4) is 17.0 Å². The monoisotopic (exact) mass is 433 g/mol. The maximum atomic E-state index is 11.0. The first-order valence-corrected chi connectivity index (χ1v) is 11.4. The SMILES string of the molecule is CC(C)Oc1c(-c2cn[nH]c2)ccc2nc(N[C@H]3CCN(C[SH](=O)=O)C[C@H]3C)nn12. The number of fused-ring (bicyclic) bond motifs is 1. The molecule has 0 unspecified atom stereocenters. The highest BCUT2D eigenvalue weighted by molar-refractivity contribution is 7.72. The van der Waals surface area contributed by atoms with Crippen molar-refractivity contribution in [1.29, 1.82) is 0 Å². The van der Waals surface area contributed by atoms with Gasteiger partial charge in [-0.25, -0.2) is 8.42 Å². The van der Waals surface area contributed by atoms with Gasteiger partial charge in [0.2, 0.25) is 11.8 Å². The lowest BCUT2D eigenvalue weighted by Crippen LogP contribution is -2.45. The van der Waals surface area contributed by atoms with E-state index in [0.717, 1.165) is 30.6 Å². The smallest absolute Gasteiger partial charge is 0.243 e. The molecule has 2 N–H and O–H groups in total. The number of rotatable bonds is 7. The number of thiol groups is 1. The highest BCUT2D eigenvalue weighted by Gasteiger charge is 2.27. The average Bonchev–Trinajstić information content (AvgIpc) is 3.33. The van der Waals surface area contributed by atoms with Gasteiger partial charge >= 0.3 is 0 Å². The van der Waals surface area contributed by atoms with Gasteiger partial charge in [0, 0.05) is 36.5 Å². The minimum atomic E-state index is -2.39. The van der Waals surface area contributed by atoms with Crippen LogP contribution in [-0.2, 0) is 10.7 Å². The van der Waals surface area contributed by atoms with Crippen molar-refractivity contribution in [1.82, 2.24) is 29.7 Å². The number of nitrogens with one attached hydrogen (secondary N) is 2. The Balaban J connectivity index is 1.59. The van der Waals surface area contributed by atoms with Crippen LogP contribution in [0, 0.1) is 5.92 Å². The predicted octanol–water partition coefficient (Wildman–Crippen LogP) is 1.60. The van der Waals surface area contributed by atoms with Crippen molar-refractivity contribution in [2.75, 3.05) is 24.3 Å². The van der Waals surface area contributed by atoms with Crippen LogP contribution in [0.3, 0.4) is 0 Å². The minimum Gasteiger partial charge on any atom is -0.474 e. The number of aromatic nitrogens is 5. The van der Waals surface area contributed by atoms with Crippen molar-refractivity contribution in [2.24, 2.45) is 5.92 Å². The van der Waals surface area contributed by atoms with Crippen molar-refractivity contribution in [3.63, 3.8) is 0 Å². The van der Waals surface area contributed by atoms with E-state index < -0.39 is 10.7 Å². The van der Waals surface area contributed by atoms with Gasteiger partial charge in [-0.2, -0.15) is 14.6 Å². The number of hydrogen-bond acceptors (Lipinski definition) is 8. The van der Waals surface area contributed by atoms with E-state index in [1.54, 1.807) is 10.7 Å². The molecule has 11 heteroatoms. The van der Waals surface area contributed by atoms with Crippen LogP contribution in [0.1, 0.15) is 27.2 Å². The zero-order valence-electron chi connectivity index (χ0n) is 17.3. The quantitative estimate of drug-likeness (QED) is 0.481. The standard InChI is InChI=1S/C19H27N7O3S/c1-12(2)29-18-15(14-8-20-21-9-14)4-5-17-23-19(24-26(17)18)22-16-6-7-25(10-13(16)3)11-30(27)28/h4-5,8-9,12-13,16,30H,6-7,10-11H2,1-3H3,(H,20,21)(H,22,24)/t13-,16+/m1/s1. The third-order valence-electron chi connectivity index (χ3n) is 5.23. The Morgan fingerprint density at radius 2 is 2.20 bits per heavy atom. The number of likely N-dealkylation sites (tertiary alicyclic amines) is 1. The summed E-state index contributed by atoms with van der Waals surface area (Å²) < 4.78 is 29.8. The maximum absolute atomic E-state index is 11.0. The third kappa shape index (κ3) is 4.41. The highest BCUT2D eigenvalue weighted by atomic mass is 32.2. The van der Waals surface area contributed by atoms with Gasteiger partial charge in [-0.15, -0.1) is 5.10 Å². The second-order valence-electron chi connectivity index (χ2n) is 7.98. The summed E-state index contributed by atoms with van der Waals surface area (Å²) in [5, 5.41) is 15.0. The number of pyridine rings is 1. The fraction of sp³-hybridized carbons (Fsp3) is 0.526. The number of aromatic amines is 1. The topological polar surface area (TPSA) is 118 Å². The predicted molar refractivity (Wildman–Crippen MR) is 114 cm³/mol. The lowest BCUT2D eigenvalue weighted by Gasteiger charge is -2.35. The van der Waals surface area contributed by atoms with Crippen LogP contribution in [0.5, 0.6) is 5.88 Å². The molecule has 0 radical (unpaired) electrons. The average molecular weight is 434 g/mol. The maximum Gasteiger partial charge on any atom is 0.243 e. The molecule has 30 heavy (non-hydrogen) atoms. The van der Waals surface area contributed by atoms with Crippen LogP contribution in [0.25, 0.3) is 16.8 Å². The Labute approximate surface area is 176 Å². The molecule has 0 bridgehead atoms. The molecule has 0 amide bonds. The van der Waals surface area contributed by atoms with Crippen LogP contribution in [-0.4, -0.2) is 69.2 Å². The van der Waals surface area contributed by atoms with Crippen molar-refractivity contribution >= 4 is 22.3 Å². The fourth-order valence-corrected chi connectivity index (χ4v) is 4.43. The fourth-order valence-electron chi connectivity index (χ4n) is 3.84. The van der Waals surface area contributed by atoms with Crippen LogP contribution in [0.4, 0.5) is 5.95 Å². The molecule has 1 fully saturated rings. The molecule has 10 nitrogen and oxygen atoms in total. The molecule has 1 aliphatic heterocycles. The van der Waals surface area contributed by atoms with E-state index in [1.807, 2.05) is 37.1 Å². The van der Waals surface area contributed by atoms with E-state index in [0.29, 0.717) is 17.5 Å². The molecule has 0 aliphatic carbocycles. The van der Waals surface area contributed by atoms with Gasteiger partial charge in [0.25, 0.3) is 0 Å². The Morgan fingerprint density at radius 1 is 1.37 bits per heavy atom. The van der Waals surface area contributed by atoms with Crippen LogP contribution in [0.2, 0.25) is 0 Å². The molecule has 3 aromatic heterocycles. The lowest BCUT2D eigenvalue weighted by molar-refractivity contribution is 0.196. The normalized spacial score (nSPS) is 20.3. The molecule has 0 saturated carbocycles. The molecule has 1 aliphatic rings. The third-order valence-corrected chi connectivity index (χ3v) is 5.86. The summed E-state index contributed by atoms with van der Waals surface area (Å²) in [6.07, 6.45) is 4.36. The van der Waals surface area contributed by atoms with Gasteiger partial charge in [0.15, 0.2) is 16.4 Å². The molecule has 1 saturated heterocycles. The minimum absolute atomic E-state index is 0.0290. The summed E-state index contributed by atoms with van der Waals surface area (Å²) in [4.78, 5) is 6.60. The largest absolute Gasteiger partial charge is 0.474 e. The number of nitrogens with zero attached hydrogens (tertiary/aromatic N) is 5. The highest BCUT2D eigenvalue weighted by Crippen LogP contribution is 2.31. The Hall–Kier alpha value is -2.66. The van der Waals surface area contributed by atoms with Gasteiger partial charge in [0.1, 0.15) is 0 Å². The summed E-state index contributed by atoms with van der Waals surface area (Å²) in [5.74, 6) is 1.54. The zero-order chi connectivity index (χ0) is 21.3. The van der Waals surface area contributed by atoms with Crippen molar-refractivity contribution in [3.05, 3.63) is 24.5 Å². The van der Waals surface area contributed by atoms with Crippen LogP contribution in [0.15, 0.2) is 24.5 Å². The molecule has 4 heterocycles. The van der Waals surface area contributed by atoms with Crippen LogP contribution >= 0.6 is 0 Å². The first-order valence-electron chi connectivity index (χ1n) is 10.1. The number of ether oxygens (including phenoxy) is 1. The number of H-pyrrole nitrogens is 1. The molecule has 4 rings (SSSR count). The van der Waals surface area contributed by atoms with E-state index in [2.05, 4.69) is 32.5 Å². The molecule has 0 spiro atoms. The summed E-state index contributed by atoms with van der Waals surface area (Å²) >= 11 is 0. The van der Waals surface area contributed by atoms with E-state index >= 15 is 0 Å². The van der Waals surface area contributed by atoms with E-state index in [1.165, 1.54) is 0 Å². The van der Waals surface area contributed by atoms with Gasteiger partial charge in [-0.1, -0.05) is 6.92 Å². The molecule has 3 aromatic rings. The lowest BCUT2D eigenvalue weighted by atomic mass is 9.94. The number of hydrogen-bond donors (Lipinski definition) is 3. The van der Waals surface area contributed by atoms with Gasteiger partial charge in [-0.05, 0) is 38.3 Å². The first kappa shape index (κ1) is 20.6. The van der Waals surface area contributed by atoms with E-state index in [4.69, 9.17) is 4.74 Å². The van der Waals surface area contributed by atoms with Gasteiger partial charge in [-0.3, -0.25) is 10.00 Å². The molecular weight excluding hydrogens is 406 g/mol. The second-order valence-corrected chi connectivity index (χ2v) is 8.93. The Kier molecular flexibility index (Phi) is 5.91. The summed E-state index contributed by atoms with van der Waals surface area (Å²) in [6, 6.07) is 4.04. The molecule has 2 atom stereocenters. The zero-order valence-corrected chi connectivity index (χ0v) is 18.2. The number of anilines is 1. The van der Waals surface area contributed by atoms with Crippen molar-refractivity contribution < 1.29 is 13.2 Å². The van der Waals surface area contributed by atoms with Gasteiger partial charge < -0.3 is 10.1 Å². The van der Waals surface area contributed by atoms with E-state index in [-0.39, 0.29) is 23.9 Å². The van der Waals surface area contributed by atoms with Crippen molar-refractivity contribution in [2.45, 2.75) is 39.3 Å². The first-order chi connectivity index (χ1) is 14.4. The molecule has 162 valence electrons. The van der Waals surface area contributed by atoms with Crippen LogP contribution < -0.4 is 10.1 Å². The summed E-state index contributed by atoms with van der Waals surface area (Å²) in [5.41, 5.74) is 2.49. The summed E-state index contributed by atoms with van der Waals surface area (Å²) in [6.45, 7) is 7.51. The Bertz CT molecular complexity index is 1070. The molecule has 0 aromatic carbocycles. The second kappa shape index (κ2) is 8.60. The van der Waals surface area contributed by atoms with Gasteiger partial charge in [0.05, 0.1) is 18.2 Å². The molecular formula is C19H27N7O3S. The number of piperidine rings is 1. The van der Waals surface area contributed by atoms with E-state index in [9.17, 15) is 8.42 Å². The summed E-state index contributed by atoms with van der Waals surface area (Å²) in [7, 11) is -2.39.